The molecule has 9 heteroatoms. The molecular formula is C40H39NO8. The van der Waals surface area contributed by atoms with Crippen LogP contribution in [0.1, 0.15) is 22.3 Å². The number of para-hydroxylation sites is 2. The van der Waals surface area contributed by atoms with Gasteiger partial charge < -0.3 is 28.4 Å². The standard InChI is InChI=1S/C40H39NO8/c42-41(43)34-23-13-14-24-35(34)48-40-39(47-28-33-21-11-4-12-22-33)38(46-27-32-19-9-3-10-20-32)37(45-26-31-17-7-2-8-18-31)36(49-40)29-44-25-30-15-5-1-6-16-30/h1-24,36-40H,25-29H2/t36-,37-,38+,39-,40?/m1/s1. The Hall–Kier alpha value is -4.90. The van der Waals surface area contributed by atoms with Crippen molar-refractivity contribution in [2.45, 2.75) is 57.1 Å². The number of nitro benzene ring substituents is 1. The minimum Gasteiger partial charge on any atom is -0.455 e. The van der Waals surface area contributed by atoms with E-state index in [-0.39, 0.29) is 37.9 Å². The van der Waals surface area contributed by atoms with Gasteiger partial charge in [-0.3, -0.25) is 10.1 Å². The van der Waals surface area contributed by atoms with Crippen molar-refractivity contribution in [1.29, 1.82) is 0 Å². The summed E-state index contributed by atoms with van der Waals surface area (Å²) in [6, 6.07) is 45.5. The van der Waals surface area contributed by atoms with Crippen LogP contribution in [0.15, 0.2) is 146 Å². The van der Waals surface area contributed by atoms with E-state index in [0.717, 1.165) is 22.3 Å². The number of ether oxygens (including phenoxy) is 6. The molecule has 1 saturated heterocycles. The Morgan fingerprint density at radius 3 is 1.47 bits per heavy atom. The molecular weight excluding hydrogens is 622 g/mol. The summed E-state index contributed by atoms with van der Waals surface area (Å²) < 4.78 is 39.2. The summed E-state index contributed by atoms with van der Waals surface area (Å²) in [5, 5.41) is 12.0. The Labute approximate surface area is 286 Å². The molecule has 1 heterocycles. The molecule has 0 amide bonds. The predicted octanol–water partition coefficient (Wildman–Crippen LogP) is 7.67. The van der Waals surface area contributed by atoms with Crippen molar-refractivity contribution in [3.63, 3.8) is 0 Å². The average molecular weight is 662 g/mol. The summed E-state index contributed by atoms with van der Waals surface area (Å²) in [5.74, 6) is 0.0558. The minimum absolute atomic E-state index is 0.0558. The monoisotopic (exact) mass is 661 g/mol. The lowest BCUT2D eigenvalue weighted by Gasteiger charge is -2.45. The minimum atomic E-state index is -1.10. The van der Waals surface area contributed by atoms with Crippen molar-refractivity contribution in [3.05, 3.63) is 178 Å². The molecule has 1 unspecified atom stereocenters. The molecule has 1 aliphatic heterocycles. The van der Waals surface area contributed by atoms with E-state index in [1.165, 1.54) is 6.07 Å². The third-order valence-corrected chi connectivity index (χ3v) is 8.15. The summed E-state index contributed by atoms with van der Waals surface area (Å²) >= 11 is 0. The van der Waals surface area contributed by atoms with E-state index in [4.69, 9.17) is 28.4 Å². The second-order valence-electron chi connectivity index (χ2n) is 11.7. The Morgan fingerprint density at radius 2 is 0.959 bits per heavy atom. The molecule has 0 aliphatic carbocycles. The van der Waals surface area contributed by atoms with Crippen LogP contribution in [0.3, 0.4) is 0 Å². The smallest absolute Gasteiger partial charge is 0.311 e. The molecule has 252 valence electrons. The lowest BCUT2D eigenvalue weighted by molar-refractivity contribution is -0.387. The first-order valence-corrected chi connectivity index (χ1v) is 16.3. The molecule has 0 spiro atoms. The van der Waals surface area contributed by atoms with Crippen molar-refractivity contribution < 1.29 is 33.3 Å². The van der Waals surface area contributed by atoms with E-state index < -0.39 is 35.6 Å². The Kier molecular flexibility index (Phi) is 12.1. The molecule has 5 aromatic carbocycles. The van der Waals surface area contributed by atoms with Gasteiger partial charge >= 0.3 is 5.69 Å². The van der Waals surface area contributed by atoms with E-state index in [1.807, 2.05) is 121 Å². The molecule has 0 bridgehead atoms. The highest BCUT2D eigenvalue weighted by Gasteiger charge is 2.50. The number of nitro groups is 1. The fourth-order valence-electron chi connectivity index (χ4n) is 5.67. The van der Waals surface area contributed by atoms with E-state index in [2.05, 4.69) is 0 Å². The van der Waals surface area contributed by atoms with Gasteiger partial charge in [0.2, 0.25) is 6.29 Å². The van der Waals surface area contributed by atoms with Gasteiger partial charge in [-0.05, 0) is 28.3 Å². The fraction of sp³-hybridized carbons (Fsp3) is 0.250. The van der Waals surface area contributed by atoms with Crippen molar-refractivity contribution >= 4 is 5.69 Å². The SMILES string of the molecule is O=[N+]([O-])c1ccccc1OC1O[C@H](COCc2ccccc2)[C@@H](OCc2ccccc2)[C@H](OCc2ccccc2)[C@H]1OCc1ccccc1. The van der Waals surface area contributed by atoms with E-state index >= 15 is 0 Å². The highest BCUT2D eigenvalue weighted by Crippen LogP contribution is 2.35. The maximum atomic E-state index is 12.0. The Balaban J connectivity index is 1.35. The fourth-order valence-corrected chi connectivity index (χ4v) is 5.67. The molecule has 0 N–H and O–H groups in total. The zero-order valence-corrected chi connectivity index (χ0v) is 27.0. The summed E-state index contributed by atoms with van der Waals surface area (Å²) in [6.45, 7) is 1.26. The van der Waals surface area contributed by atoms with Crippen molar-refractivity contribution in [2.24, 2.45) is 0 Å². The van der Waals surface area contributed by atoms with Gasteiger partial charge in [0.05, 0.1) is 38.0 Å². The van der Waals surface area contributed by atoms with Crippen molar-refractivity contribution in [2.75, 3.05) is 6.61 Å². The maximum Gasteiger partial charge on any atom is 0.311 e. The number of nitrogens with zero attached hydrogens (tertiary/aromatic N) is 1. The summed E-state index contributed by atoms with van der Waals surface area (Å²) in [4.78, 5) is 11.5. The van der Waals surface area contributed by atoms with Crippen LogP contribution in [-0.2, 0) is 50.1 Å². The van der Waals surface area contributed by atoms with Gasteiger partial charge in [-0.25, -0.2) is 0 Å². The summed E-state index contributed by atoms with van der Waals surface area (Å²) in [7, 11) is 0. The molecule has 5 atom stereocenters. The zero-order valence-electron chi connectivity index (χ0n) is 27.0. The normalized spacial score (nSPS) is 20.4. The molecule has 0 saturated carbocycles. The number of rotatable bonds is 16. The third-order valence-electron chi connectivity index (χ3n) is 8.15. The van der Waals surface area contributed by atoms with Crippen LogP contribution in [0, 0.1) is 10.1 Å². The molecule has 1 aliphatic rings. The lowest BCUT2D eigenvalue weighted by Crippen LogP contribution is -2.62. The topological polar surface area (TPSA) is 98.5 Å². The highest BCUT2D eigenvalue weighted by molar-refractivity contribution is 5.45. The molecule has 1 fully saturated rings. The van der Waals surface area contributed by atoms with Gasteiger partial charge in [0.1, 0.15) is 24.4 Å². The van der Waals surface area contributed by atoms with Gasteiger partial charge in [0, 0.05) is 6.07 Å². The number of benzene rings is 5. The second kappa shape index (κ2) is 17.5. The van der Waals surface area contributed by atoms with Crippen LogP contribution in [0.5, 0.6) is 5.75 Å². The highest BCUT2D eigenvalue weighted by atomic mass is 16.7. The number of hydrogen-bond donors (Lipinski definition) is 0. The van der Waals surface area contributed by atoms with Gasteiger partial charge in [-0.1, -0.05) is 133 Å². The van der Waals surface area contributed by atoms with Crippen LogP contribution in [0.2, 0.25) is 0 Å². The molecule has 5 aromatic rings. The maximum absolute atomic E-state index is 12.0. The lowest BCUT2D eigenvalue weighted by atomic mass is 9.97. The quantitative estimate of drug-likeness (QED) is 0.0785. The second-order valence-corrected chi connectivity index (χ2v) is 11.7. The van der Waals surface area contributed by atoms with E-state index in [9.17, 15) is 10.1 Å². The number of hydrogen-bond acceptors (Lipinski definition) is 8. The van der Waals surface area contributed by atoms with Crippen molar-refractivity contribution in [3.8, 4) is 5.75 Å². The van der Waals surface area contributed by atoms with Crippen LogP contribution < -0.4 is 4.74 Å². The Bertz CT molecular complexity index is 1710. The predicted molar refractivity (Wildman–Crippen MR) is 184 cm³/mol. The van der Waals surface area contributed by atoms with Gasteiger partial charge in [-0.2, -0.15) is 0 Å². The summed E-state index contributed by atoms with van der Waals surface area (Å²) in [5.41, 5.74) is 3.70. The van der Waals surface area contributed by atoms with Crippen LogP contribution >= 0.6 is 0 Å². The first kappa shape index (κ1) is 34.0. The van der Waals surface area contributed by atoms with Crippen molar-refractivity contribution in [1.82, 2.24) is 0 Å². The van der Waals surface area contributed by atoms with Crippen LogP contribution in [0.25, 0.3) is 0 Å². The van der Waals surface area contributed by atoms with Gasteiger partial charge in [0.25, 0.3) is 0 Å². The Morgan fingerprint density at radius 1 is 0.531 bits per heavy atom. The largest absolute Gasteiger partial charge is 0.455 e. The zero-order chi connectivity index (χ0) is 33.7. The molecule has 9 nitrogen and oxygen atoms in total. The van der Waals surface area contributed by atoms with Crippen LogP contribution in [0.4, 0.5) is 5.69 Å². The summed E-state index contributed by atoms with van der Waals surface area (Å²) in [6.07, 6.45) is -4.02. The van der Waals surface area contributed by atoms with E-state index in [0.29, 0.717) is 6.61 Å². The van der Waals surface area contributed by atoms with Crippen LogP contribution in [-0.4, -0.2) is 42.2 Å². The third kappa shape index (κ3) is 9.60. The molecule has 6 rings (SSSR count). The molecule has 49 heavy (non-hydrogen) atoms. The van der Waals surface area contributed by atoms with Gasteiger partial charge in [0.15, 0.2) is 5.75 Å². The molecule has 0 aromatic heterocycles. The van der Waals surface area contributed by atoms with E-state index in [1.54, 1.807) is 18.2 Å². The first-order valence-electron chi connectivity index (χ1n) is 16.3. The molecule has 0 radical (unpaired) electrons. The first-order chi connectivity index (χ1) is 24.1. The van der Waals surface area contributed by atoms with Gasteiger partial charge in [-0.15, -0.1) is 0 Å². The average Bonchev–Trinajstić information content (AvgIpc) is 3.15.